The summed E-state index contributed by atoms with van der Waals surface area (Å²) in [6.45, 7) is 13.8. The van der Waals surface area contributed by atoms with Gasteiger partial charge in [0.15, 0.2) is 0 Å². The Morgan fingerprint density at radius 2 is 1.88 bits per heavy atom. The standard InChI is InChI=1S/C20H31N3O2/c1-16-6-4-5-7-20(16)25-13-12-21-14-17(2)19(15-21)23-10-8-22(9-11-23)18(3)24/h4-7,17,19H,8-15H2,1-3H3/t17-,19-/m1/s1. The second-order valence-electron chi connectivity index (χ2n) is 7.46. The number of piperazine rings is 1. The van der Waals surface area contributed by atoms with Gasteiger partial charge in [0, 0.05) is 58.8 Å². The van der Waals surface area contributed by atoms with Crippen molar-refractivity contribution in [2.45, 2.75) is 26.8 Å². The van der Waals surface area contributed by atoms with Crippen LogP contribution in [0.3, 0.4) is 0 Å². The number of para-hydroxylation sites is 1. The Morgan fingerprint density at radius 3 is 2.56 bits per heavy atom. The van der Waals surface area contributed by atoms with E-state index in [0.29, 0.717) is 12.0 Å². The van der Waals surface area contributed by atoms with E-state index in [1.54, 1.807) is 6.92 Å². The lowest BCUT2D eigenvalue weighted by atomic mass is 10.0. The van der Waals surface area contributed by atoms with Gasteiger partial charge in [-0.25, -0.2) is 0 Å². The van der Waals surface area contributed by atoms with Gasteiger partial charge in [0.25, 0.3) is 0 Å². The van der Waals surface area contributed by atoms with Crippen LogP contribution in [0.4, 0.5) is 0 Å². The Hall–Kier alpha value is -1.59. The van der Waals surface area contributed by atoms with Crippen LogP contribution in [-0.2, 0) is 4.79 Å². The Labute approximate surface area is 151 Å². The number of amides is 1. The molecular weight excluding hydrogens is 314 g/mol. The molecule has 2 atom stereocenters. The highest BCUT2D eigenvalue weighted by Gasteiger charge is 2.35. The maximum absolute atomic E-state index is 11.5. The largest absolute Gasteiger partial charge is 0.492 e. The first-order valence-electron chi connectivity index (χ1n) is 9.45. The second kappa shape index (κ2) is 8.19. The van der Waals surface area contributed by atoms with Gasteiger partial charge in [0.1, 0.15) is 12.4 Å². The Morgan fingerprint density at radius 1 is 1.16 bits per heavy atom. The van der Waals surface area contributed by atoms with Gasteiger partial charge in [-0.15, -0.1) is 0 Å². The molecule has 138 valence electrons. The minimum absolute atomic E-state index is 0.203. The van der Waals surface area contributed by atoms with Gasteiger partial charge in [-0.05, 0) is 24.5 Å². The number of rotatable bonds is 5. The molecule has 0 spiro atoms. The molecule has 0 N–H and O–H groups in total. The van der Waals surface area contributed by atoms with Gasteiger partial charge in [-0.3, -0.25) is 14.6 Å². The first-order chi connectivity index (χ1) is 12.0. The number of ether oxygens (including phenoxy) is 1. The summed E-state index contributed by atoms with van der Waals surface area (Å²) in [5.74, 6) is 1.86. The smallest absolute Gasteiger partial charge is 0.219 e. The summed E-state index contributed by atoms with van der Waals surface area (Å²) in [6.07, 6.45) is 0. The van der Waals surface area contributed by atoms with Crippen LogP contribution < -0.4 is 4.74 Å². The fraction of sp³-hybridized carbons (Fsp3) is 0.650. The number of aryl methyl sites for hydroxylation is 1. The maximum Gasteiger partial charge on any atom is 0.219 e. The summed E-state index contributed by atoms with van der Waals surface area (Å²) in [5.41, 5.74) is 1.19. The number of carbonyl (C=O) groups excluding carboxylic acids is 1. The highest BCUT2D eigenvalue weighted by atomic mass is 16.5. The van der Waals surface area contributed by atoms with Gasteiger partial charge >= 0.3 is 0 Å². The summed E-state index contributed by atoms with van der Waals surface area (Å²) < 4.78 is 5.96. The third kappa shape index (κ3) is 4.53. The van der Waals surface area contributed by atoms with Crippen molar-refractivity contribution in [1.82, 2.24) is 14.7 Å². The first kappa shape index (κ1) is 18.2. The van der Waals surface area contributed by atoms with Crippen molar-refractivity contribution in [2.75, 3.05) is 52.4 Å². The minimum atomic E-state index is 0.203. The molecule has 25 heavy (non-hydrogen) atoms. The molecule has 2 fully saturated rings. The van der Waals surface area contributed by atoms with E-state index in [2.05, 4.69) is 29.7 Å². The molecule has 5 heteroatoms. The van der Waals surface area contributed by atoms with Gasteiger partial charge in [0.2, 0.25) is 5.91 Å². The van der Waals surface area contributed by atoms with Crippen molar-refractivity contribution in [2.24, 2.45) is 5.92 Å². The highest BCUT2D eigenvalue weighted by molar-refractivity contribution is 5.73. The van der Waals surface area contributed by atoms with Crippen molar-refractivity contribution in [3.05, 3.63) is 29.8 Å². The lowest BCUT2D eigenvalue weighted by Crippen LogP contribution is -2.53. The molecule has 0 unspecified atom stereocenters. The summed E-state index contributed by atoms with van der Waals surface area (Å²) in [7, 11) is 0. The molecule has 3 rings (SSSR count). The molecule has 2 aliphatic heterocycles. The van der Waals surface area contributed by atoms with E-state index in [9.17, 15) is 4.79 Å². The molecule has 2 saturated heterocycles. The van der Waals surface area contributed by atoms with Crippen molar-refractivity contribution < 1.29 is 9.53 Å². The number of hydrogen-bond donors (Lipinski definition) is 0. The number of carbonyl (C=O) groups is 1. The van der Waals surface area contributed by atoms with Crippen molar-refractivity contribution in [3.63, 3.8) is 0 Å². The number of hydrogen-bond acceptors (Lipinski definition) is 4. The van der Waals surface area contributed by atoms with Crippen molar-refractivity contribution in [3.8, 4) is 5.75 Å². The molecule has 2 heterocycles. The monoisotopic (exact) mass is 345 g/mol. The first-order valence-corrected chi connectivity index (χ1v) is 9.45. The van der Waals surface area contributed by atoms with E-state index < -0.39 is 0 Å². The van der Waals surface area contributed by atoms with Gasteiger partial charge in [0.05, 0.1) is 0 Å². The van der Waals surface area contributed by atoms with Crippen LogP contribution in [0.5, 0.6) is 5.75 Å². The second-order valence-corrected chi connectivity index (χ2v) is 7.46. The van der Waals surface area contributed by atoms with Crippen LogP contribution in [0, 0.1) is 12.8 Å². The Bertz CT molecular complexity index is 584. The highest BCUT2D eigenvalue weighted by Crippen LogP contribution is 2.23. The average molecular weight is 345 g/mol. The summed E-state index contributed by atoms with van der Waals surface area (Å²) >= 11 is 0. The molecule has 5 nitrogen and oxygen atoms in total. The summed E-state index contributed by atoms with van der Waals surface area (Å²) in [4.78, 5) is 18.5. The van der Waals surface area contributed by atoms with Crippen LogP contribution >= 0.6 is 0 Å². The van der Waals surface area contributed by atoms with E-state index >= 15 is 0 Å². The molecule has 0 aliphatic carbocycles. The third-order valence-corrected chi connectivity index (χ3v) is 5.64. The minimum Gasteiger partial charge on any atom is -0.492 e. The number of likely N-dealkylation sites (tertiary alicyclic amines) is 1. The van der Waals surface area contributed by atoms with E-state index in [4.69, 9.17) is 4.74 Å². The van der Waals surface area contributed by atoms with Crippen LogP contribution in [0.2, 0.25) is 0 Å². The molecule has 1 aromatic carbocycles. The quantitative estimate of drug-likeness (QED) is 0.816. The fourth-order valence-electron chi connectivity index (χ4n) is 4.08. The Kier molecular flexibility index (Phi) is 5.97. The van der Waals surface area contributed by atoms with Gasteiger partial charge < -0.3 is 9.64 Å². The van der Waals surface area contributed by atoms with E-state index in [1.165, 1.54) is 5.56 Å². The molecule has 0 radical (unpaired) electrons. The predicted octanol–water partition coefficient (Wildman–Crippen LogP) is 1.86. The third-order valence-electron chi connectivity index (χ3n) is 5.64. The zero-order valence-corrected chi connectivity index (χ0v) is 15.8. The molecule has 2 aliphatic rings. The molecular formula is C20H31N3O2. The van der Waals surface area contributed by atoms with E-state index in [-0.39, 0.29) is 5.91 Å². The lowest BCUT2D eigenvalue weighted by Gasteiger charge is -2.39. The maximum atomic E-state index is 11.5. The lowest BCUT2D eigenvalue weighted by molar-refractivity contribution is -0.130. The number of benzene rings is 1. The zero-order valence-electron chi connectivity index (χ0n) is 15.8. The Balaban J connectivity index is 1.44. The summed E-state index contributed by atoms with van der Waals surface area (Å²) in [5, 5.41) is 0. The van der Waals surface area contributed by atoms with E-state index in [0.717, 1.165) is 58.2 Å². The molecule has 0 aromatic heterocycles. The van der Waals surface area contributed by atoms with Crippen LogP contribution in [0.1, 0.15) is 19.4 Å². The predicted molar refractivity (Wildman–Crippen MR) is 99.9 cm³/mol. The van der Waals surface area contributed by atoms with Gasteiger partial charge in [-0.1, -0.05) is 25.1 Å². The van der Waals surface area contributed by atoms with Crippen molar-refractivity contribution in [1.29, 1.82) is 0 Å². The normalized spacial score (nSPS) is 25.3. The van der Waals surface area contributed by atoms with Crippen molar-refractivity contribution >= 4 is 5.91 Å². The average Bonchev–Trinajstić information content (AvgIpc) is 2.97. The molecule has 0 bridgehead atoms. The molecule has 1 aromatic rings. The summed E-state index contributed by atoms with van der Waals surface area (Å²) in [6, 6.07) is 8.80. The van der Waals surface area contributed by atoms with E-state index in [1.807, 2.05) is 23.1 Å². The van der Waals surface area contributed by atoms with Crippen LogP contribution in [-0.4, -0.2) is 79.1 Å². The fourth-order valence-corrected chi connectivity index (χ4v) is 4.08. The SMILES string of the molecule is CC(=O)N1CCN([C@@H]2CN(CCOc3ccccc3C)C[C@H]2C)CC1. The zero-order chi connectivity index (χ0) is 17.8. The topological polar surface area (TPSA) is 36.0 Å². The molecule has 0 saturated carbocycles. The number of nitrogens with zero attached hydrogens (tertiary/aromatic N) is 3. The van der Waals surface area contributed by atoms with Crippen LogP contribution in [0.15, 0.2) is 24.3 Å². The molecule has 1 amide bonds. The van der Waals surface area contributed by atoms with Gasteiger partial charge in [-0.2, -0.15) is 0 Å². The van der Waals surface area contributed by atoms with Crippen LogP contribution in [0.25, 0.3) is 0 Å².